The summed E-state index contributed by atoms with van der Waals surface area (Å²) < 4.78 is 28.3. The molecule has 0 aliphatic carbocycles. The lowest BCUT2D eigenvalue weighted by molar-refractivity contribution is -0.122. The van der Waals surface area contributed by atoms with Crippen molar-refractivity contribution in [3.63, 3.8) is 0 Å². The Hall–Kier alpha value is -3.80. The molecule has 202 valence electrons. The number of carbonyl (C=O) groups is 3. The topological polar surface area (TPSA) is 88.5 Å². The predicted octanol–water partition coefficient (Wildman–Crippen LogP) is 5.28. The van der Waals surface area contributed by atoms with Crippen LogP contribution in [-0.2, 0) is 20.9 Å². The third-order valence-corrected chi connectivity index (χ3v) is 9.65. The first-order valence-corrected chi connectivity index (χ1v) is 14.1. The molecule has 7 nitrogen and oxygen atoms in total. The summed E-state index contributed by atoms with van der Waals surface area (Å²) in [6.45, 7) is -0.356. The summed E-state index contributed by atoms with van der Waals surface area (Å²) in [5, 5.41) is 2.60. The van der Waals surface area contributed by atoms with Crippen LogP contribution >= 0.6 is 34.7 Å². The van der Waals surface area contributed by atoms with Crippen molar-refractivity contribution in [2.24, 2.45) is 5.92 Å². The molecule has 6 rings (SSSR count). The molecule has 3 amide bonds. The molecule has 0 spiro atoms. The highest BCUT2D eigenvalue weighted by Gasteiger charge is 2.56. The highest BCUT2D eigenvalue weighted by Crippen LogP contribution is 2.53. The number of thioether (sulfide) groups is 1. The second-order valence-electron chi connectivity index (χ2n) is 9.26. The van der Waals surface area contributed by atoms with Gasteiger partial charge in [-0.05, 0) is 66.2 Å². The maximum Gasteiger partial charge on any atom is 0.308 e. The van der Waals surface area contributed by atoms with Gasteiger partial charge in [-0.25, -0.2) is 13.7 Å². The van der Waals surface area contributed by atoms with Crippen LogP contribution in [0.1, 0.15) is 16.4 Å². The Labute approximate surface area is 239 Å². The highest BCUT2D eigenvalue weighted by atomic mass is 35.5. The minimum atomic E-state index is -0.883. The Bertz CT molecular complexity index is 1710. The van der Waals surface area contributed by atoms with Crippen LogP contribution in [0, 0.1) is 17.6 Å². The van der Waals surface area contributed by atoms with Crippen molar-refractivity contribution in [1.82, 2.24) is 4.57 Å². The first-order valence-electron chi connectivity index (χ1n) is 12.1. The molecule has 2 aliphatic rings. The number of amides is 3. The average molecular weight is 598 g/mol. The van der Waals surface area contributed by atoms with E-state index >= 15 is 0 Å². The van der Waals surface area contributed by atoms with E-state index in [1.165, 1.54) is 53.1 Å². The Morgan fingerprint density at radius 2 is 1.50 bits per heavy atom. The number of halogens is 3. The summed E-state index contributed by atoms with van der Waals surface area (Å²) in [5.41, 5.74) is 1.29. The predicted molar refractivity (Wildman–Crippen MR) is 149 cm³/mol. The van der Waals surface area contributed by atoms with Crippen molar-refractivity contribution >= 4 is 63.8 Å². The fraction of sp³-hybridized carbons (Fsp3) is 0.143. The standard InChI is InChI=1S/C28H18ClF2N3O4S2/c29-15-3-11-19(12-4-15)34-25(36)22-21(14-1-5-16(30)6-2-14)24-27(39-23(22)26(34)37)33(28(38)40-24)13-20(35)32-18-9-7-17(31)8-10-18/h1-12,21-23H,13H2,(H,32,35)/t21-,22?,23?/m1/s1. The number of aromatic nitrogens is 1. The number of benzene rings is 3. The zero-order chi connectivity index (χ0) is 28.1. The lowest BCUT2D eigenvalue weighted by Crippen LogP contribution is -2.33. The summed E-state index contributed by atoms with van der Waals surface area (Å²) >= 11 is 7.96. The van der Waals surface area contributed by atoms with E-state index in [9.17, 15) is 28.0 Å². The molecule has 4 aromatic rings. The number of thiazole rings is 1. The number of anilines is 2. The van der Waals surface area contributed by atoms with Gasteiger partial charge >= 0.3 is 4.87 Å². The third-order valence-electron chi connectivity index (χ3n) is 6.79. The fourth-order valence-corrected chi connectivity index (χ4v) is 7.91. The Morgan fingerprint density at radius 1 is 0.875 bits per heavy atom. The van der Waals surface area contributed by atoms with Gasteiger partial charge in [0.05, 0.1) is 16.6 Å². The molecule has 3 aromatic carbocycles. The quantitative estimate of drug-likeness (QED) is 0.317. The van der Waals surface area contributed by atoms with Gasteiger partial charge in [-0.1, -0.05) is 46.8 Å². The monoisotopic (exact) mass is 597 g/mol. The van der Waals surface area contributed by atoms with Crippen molar-refractivity contribution in [1.29, 1.82) is 0 Å². The van der Waals surface area contributed by atoms with Crippen LogP contribution in [0.25, 0.3) is 0 Å². The third kappa shape index (κ3) is 4.63. The number of hydrogen-bond donors (Lipinski definition) is 1. The summed E-state index contributed by atoms with van der Waals surface area (Å²) in [7, 11) is 0. The van der Waals surface area contributed by atoms with Gasteiger partial charge in [-0.2, -0.15) is 0 Å². The number of carbonyl (C=O) groups excluding carboxylic acids is 3. The number of nitrogens with one attached hydrogen (secondary N) is 1. The first-order chi connectivity index (χ1) is 19.2. The van der Waals surface area contributed by atoms with Crippen LogP contribution in [0.4, 0.5) is 20.2 Å². The van der Waals surface area contributed by atoms with Gasteiger partial charge in [0.15, 0.2) is 0 Å². The lowest BCUT2D eigenvalue weighted by Gasteiger charge is -2.30. The Morgan fingerprint density at radius 3 is 2.15 bits per heavy atom. The van der Waals surface area contributed by atoms with Gasteiger partial charge in [0, 0.05) is 21.5 Å². The molecule has 0 saturated carbocycles. The van der Waals surface area contributed by atoms with E-state index in [2.05, 4.69) is 5.32 Å². The summed E-state index contributed by atoms with van der Waals surface area (Å²) in [6.07, 6.45) is 0. The molecule has 1 saturated heterocycles. The highest BCUT2D eigenvalue weighted by molar-refractivity contribution is 8.00. The summed E-state index contributed by atoms with van der Waals surface area (Å²) in [6, 6.07) is 17.1. The van der Waals surface area contributed by atoms with E-state index in [4.69, 9.17) is 11.6 Å². The minimum absolute atomic E-state index is 0.356. The number of nitrogens with zero attached hydrogens (tertiary/aromatic N) is 2. The molecule has 1 aromatic heterocycles. The van der Waals surface area contributed by atoms with Gasteiger partial charge in [0.25, 0.3) is 0 Å². The van der Waals surface area contributed by atoms with E-state index in [1.54, 1.807) is 24.3 Å². The van der Waals surface area contributed by atoms with Gasteiger partial charge in [0.2, 0.25) is 17.7 Å². The Balaban J connectivity index is 1.40. The van der Waals surface area contributed by atoms with E-state index < -0.39 is 51.3 Å². The largest absolute Gasteiger partial charge is 0.325 e. The van der Waals surface area contributed by atoms with Crippen molar-refractivity contribution in [3.8, 4) is 0 Å². The summed E-state index contributed by atoms with van der Waals surface area (Å²) in [5.74, 6) is -3.91. The average Bonchev–Trinajstić information content (AvgIpc) is 3.37. The maximum atomic E-state index is 13.8. The van der Waals surface area contributed by atoms with Gasteiger partial charge in [-0.3, -0.25) is 23.7 Å². The molecular weight excluding hydrogens is 580 g/mol. The van der Waals surface area contributed by atoms with E-state index in [-0.39, 0.29) is 6.54 Å². The molecule has 40 heavy (non-hydrogen) atoms. The van der Waals surface area contributed by atoms with Gasteiger partial charge in [0.1, 0.15) is 23.4 Å². The zero-order valence-corrected chi connectivity index (χ0v) is 22.7. The van der Waals surface area contributed by atoms with Crippen LogP contribution in [0.15, 0.2) is 82.6 Å². The molecule has 1 N–H and O–H groups in total. The van der Waals surface area contributed by atoms with Crippen LogP contribution in [0.2, 0.25) is 5.02 Å². The van der Waals surface area contributed by atoms with Crippen LogP contribution < -0.4 is 15.1 Å². The Kier molecular flexibility index (Phi) is 6.81. The van der Waals surface area contributed by atoms with Crippen LogP contribution in [-0.4, -0.2) is 27.5 Å². The van der Waals surface area contributed by atoms with Crippen molar-refractivity contribution in [3.05, 3.63) is 110 Å². The van der Waals surface area contributed by atoms with E-state index in [1.807, 2.05) is 0 Å². The fourth-order valence-electron chi connectivity index (χ4n) is 5.01. The molecule has 1 fully saturated rings. The first kappa shape index (κ1) is 26.4. The number of hydrogen-bond acceptors (Lipinski definition) is 6. The number of rotatable bonds is 5. The molecule has 2 unspecified atom stereocenters. The molecular formula is C28H18ClF2N3O4S2. The zero-order valence-electron chi connectivity index (χ0n) is 20.3. The second kappa shape index (κ2) is 10.3. The molecule has 2 aliphatic heterocycles. The van der Waals surface area contributed by atoms with Gasteiger partial charge in [-0.15, -0.1) is 0 Å². The smallest absolute Gasteiger partial charge is 0.308 e. The van der Waals surface area contributed by atoms with E-state index in [0.29, 0.717) is 31.9 Å². The van der Waals surface area contributed by atoms with Gasteiger partial charge < -0.3 is 5.32 Å². The van der Waals surface area contributed by atoms with Crippen molar-refractivity contribution in [2.45, 2.75) is 22.7 Å². The normalized spacial score (nSPS) is 19.9. The summed E-state index contributed by atoms with van der Waals surface area (Å²) in [4.78, 5) is 54.7. The lowest BCUT2D eigenvalue weighted by atomic mass is 9.83. The minimum Gasteiger partial charge on any atom is -0.325 e. The van der Waals surface area contributed by atoms with Crippen LogP contribution in [0.5, 0.6) is 0 Å². The molecule has 3 heterocycles. The van der Waals surface area contributed by atoms with Crippen LogP contribution in [0.3, 0.4) is 0 Å². The second-order valence-corrected chi connectivity index (χ2v) is 11.8. The van der Waals surface area contributed by atoms with Crippen molar-refractivity contribution in [2.75, 3.05) is 10.2 Å². The molecule has 3 atom stereocenters. The number of fused-ring (bicyclic) bond motifs is 2. The molecule has 0 bridgehead atoms. The SMILES string of the molecule is O=C(Cn1c2c(sc1=O)[C@H](c1ccc(F)cc1)C1C(=O)N(c3ccc(Cl)cc3)C(=O)C1S2)Nc1ccc(F)cc1. The van der Waals surface area contributed by atoms with E-state index in [0.717, 1.165) is 28.0 Å². The number of imide groups is 1. The van der Waals surface area contributed by atoms with Crippen molar-refractivity contribution < 1.29 is 23.2 Å². The molecule has 0 radical (unpaired) electrons. The maximum absolute atomic E-state index is 13.8. The molecule has 12 heteroatoms.